The molecule has 0 rings (SSSR count). The fourth-order valence-corrected chi connectivity index (χ4v) is 0.429. The molecule has 0 aliphatic carbocycles. The average Bonchev–Trinajstić information content (AvgIpc) is 1.98. The zero-order valence-electron chi connectivity index (χ0n) is 7.18. The molecule has 2 nitrogen and oxygen atoms in total. The zero-order chi connectivity index (χ0) is 7.82. The van der Waals surface area contributed by atoms with Crippen LogP contribution in [0.2, 0.25) is 0 Å². The first kappa shape index (κ1) is 9.47. The normalized spacial score (nSPS) is 11.7. The third-order valence-electron chi connectivity index (χ3n) is 1.32. The summed E-state index contributed by atoms with van der Waals surface area (Å²) in [5.74, 6) is 0. The van der Waals surface area contributed by atoms with Gasteiger partial charge in [0.15, 0.2) is 0 Å². The first-order chi connectivity index (χ1) is 4.81. The Morgan fingerprint density at radius 1 is 1.40 bits per heavy atom. The summed E-state index contributed by atoms with van der Waals surface area (Å²) >= 11 is 0. The van der Waals surface area contributed by atoms with Gasteiger partial charge in [-0.25, -0.2) is 0 Å². The first-order valence-corrected chi connectivity index (χ1v) is 3.96. The van der Waals surface area contributed by atoms with Crippen molar-refractivity contribution in [2.24, 2.45) is 5.16 Å². The van der Waals surface area contributed by atoms with Crippen LogP contribution in [0, 0.1) is 0 Å². The maximum absolute atomic E-state index is 5.01. The third kappa shape index (κ3) is 5.60. The minimum absolute atomic E-state index is 0.758. The summed E-state index contributed by atoms with van der Waals surface area (Å²) in [4.78, 5) is 5.01. The Balaban J connectivity index is 3.16. The number of unbranched alkanes of at least 4 members (excludes halogenated alkanes) is 1. The third-order valence-corrected chi connectivity index (χ3v) is 1.32. The van der Waals surface area contributed by atoms with Crippen molar-refractivity contribution in [2.75, 3.05) is 6.61 Å². The van der Waals surface area contributed by atoms with Gasteiger partial charge >= 0.3 is 0 Å². The Morgan fingerprint density at radius 3 is 2.60 bits per heavy atom. The molecule has 0 aromatic rings. The molecule has 0 saturated heterocycles. The van der Waals surface area contributed by atoms with Gasteiger partial charge in [0.1, 0.15) is 6.61 Å². The second-order valence-corrected chi connectivity index (χ2v) is 2.37. The predicted molar refractivity (Wildman–Crippen MR) is 44.3 cm³/mol. The van der Waals surface area contributed by atoms with Crippen molar-refractivity contribution in [1.82, 2.24) is 0 Å². The van der Waals surface area contributed by atoms with Crippen molar-refractivity contribution in [3.8, 4) is 0 Å². The van der Waals surface area contributed by atoms with E-state index in [1.54, 1.807) is 0 Å². The molecular weight excluding hydrogens is 126 g/mol. The monoisotopic (exact) mass is 143 g/mol. The number of rotatable bonds is 5. The molecule has 10 heavy (non-hydrogen) atoms. The van der Waals surface area contributed by atoms with Crippen molar-refractivity contribution in [2.45, 2.75) is 40.0 Å². The van der Waals surface area contributed by atoms with E-state index in [2.05, 4.69) is 19.0 Å². The quantitative estimate of drug-likeness (QED) is 0.329. The number of nitrogens with zero attached hydrogens (tertiary/aromatic N) is 1. The van der Waals surface area contributed by atoms with E-state index in [4.69, 9.17) is 4.84 Å². The highest BCUT2D eigenvalue weighted by Gasteiger charge is 1.85. The molecule has 0 spiro atoms. The second kappa shape index (κ2) is 6.59. The number of hydrogen-bond acceptors (Lipinski definition) is 2. The van der Waals surface area contributed by atoms with E-state index in [0.717, 1.165) is 25.2 Å². The van der Waals surface area contributed by atoms with Gasteiger partial charge in [-0.05, 0) is 19.8 Å². The summed E-state index contributed by atoms with van der Waals surface area (Å²) in [6.45, 7) is 6.95. The van der Waals surface area contributed by atoms with Crippen LogP contribution in [0.3, 0.4) is 0 Å². The molecule has 0 unspecified atom stereocenters. The van der Waals surface area contributed by atoms with Gasteiger partial charge in [-0.3, -0.25) is 0 Å². The summed E-state index contributed by atoms with van der Waals surface area (Å²) in [6.07, 6.45) is 3.24. The van der Waals surface area contributed by atoms with Gasteiger partial charge in [0.25, 0.3) is 0 Å². The lowest BCUT2D eigenvalue weighted by Gasteiger charge is -1.97. The van der Waals surface area contributed by atoms with E-state index in [1.807, 2.05) is 6.92 Å². The van der Waals surface area contributed by atoms with E-state index < -0.39 is 0 Å². The van der Waals surface area contributed by atoms with Crippen LogP contribution in [0.25, 0.3) is 0 Å². The summed E-state index contributed by atoms with van der Waals surface area (Å²) < 4.78 is 0. The van der Waals surface area contributed by atoms with Crippen LogP contribution in [0.5, 0.6) is 0 Å². The molecule has 0 aliphatic rings. The highest BCUT2D eigenvalue weighted by Crippen LogP contribution is 1.90. The minimum Gasteiger partial charge on any atom is -0.396 e. The fraction of sp³-hybridized carbons (Fsp3) is 0.875. The van der Waals surface area contributed by atoms with Crippen LogP contribution in [0.4, 0.5) is 0 Å². The Hall–Kier alpha value is -0.530. The highest BCUT2D eigenvalue weighted by atomic mass is 16.6. The van der Waals surface area contributed by atoms with Gasteiger partial charge in [0.2, 0.25) is 0 Å². The predicted octanol–water partition coefficient (Wildman–Crippen LogP) is 2.59. The van der Waals surface area contributed by atoms with E-state index in [-0.39, 0.29) is 0 Å². The minimum atomic E-state index is 0.758. The van der Waals surface area contributed by atoms with Crippen molar-refractivity contribution < 1.29 is 4.84 Å². The molecule has 0 atom stereocenters. The van der Waals surface area contributed by atoms with Crippen molar-refractivity contribution >= 4 is 5.71 Å². The van der Waals surface area contributed by atoms with Crippen LogP contribution < -0.4 is 0 Å². The zero-order valence-corrected chi connectivity index (χ0v) is 7.18. The molecule has 0 bridgehead atoms. The molecule has 0 saturated carbocycles. The summed E-state index contributed by atoms with van der Waals surface area (Å²) in [5.41, 5.74) is 1.07. The van der Waals surface area contributed by atoms with Crippen LogP contribution in [0.15, 0.2) is 5.16 Å². The van der Waals surface area contributed by atoms with Gasteiger partial charge in [-0.1, -0.05) is 25.4 Å². The van der Waals surface area contributed by atoms with E-state index >= 15 is 0 Å². The Bertz CT molecular complexity index is 99.4. The average molecular weight is 143 g/mol. The second-order valence-electron chi connectivity index (χ2n) is 2.37. The van der Waals surface area contributed by atoms with E-state index in [9.17, 15) is 0 Å². The number of hydrogen-bond donors (Lipinski definition) is 0. The lowest BCUT2D eigenvalue weighted by atomic mass is 10.3. The molecule has 0 radical (unpaired) electrons. The topological polar surface area (TPSA) is 21.6 Å². The molecule has 0 aliphatic heterocycles. The molecule has 0 aromatic heterocycles. The summed E-state index contributed by atoms with van der Waals surface area (Å²) in [5, 5.41) is 3.90. The van der Waals surface area contributed by atoms with Crippen LogP contribution in [-0.4, -0.2) is 12.3 Å². The Kier molecular flexibility index (Phi) is 6.24. The molecule has 60 valence electrons. The van der Waals surface area contributed by atoms with E-state index in [1.165, 1.54) is 6.42 Å². The first-order valence-electron chi connectivity index (χ1n) is 3.96. The lowest BCUT2D eigenvalue weighted by molar-refractivity contribution is 0.140. The van der Waals surface area contributed by atoms with Gasteiger partial charge in [-0.2, -0.15) is 0 Å². The van der Waals surface area contributed by atoms with Crippen molar-refractivity contribution in [1.29, 1.82) is 0 Å². The molecule has 0 N–H and O–H groups in total. The van der Waals surface area contributed by atoms with Gasteiger partial charge in [-0.15, -0.1) is 0 Å². The standard InChI is InChI=1S/C8H17NO/c1-4-6-7-10-9-8(3)5-2/h4-7H2,1-3H3/b9-8-. The Morgan fingerprint density at radius 2 is 2.10 bits per heavy atom. The SMILES string of the molecule is CCCCO/N=C(/C)CC. The lowest BCUT2D eigenvalue weighted by Crippen LogP contribution is -1.92. The van der Waals surface area contributed by atoms with E-state index in [0.29, 0.717) is 0 Å². The summed E-state index contributed by atoms with van der Waals surface area (Å²) in [6, 6.07) is 0. The van der Waals surface area contributed by atoms with Crippen LogP contribution >= 0.6 is 0 Å². The highest BCUT2D eigenvalue weighted by molar-refractivity contribution is 5.80. The summed E-state index contributed by atoms with van der Waals surface area (Å²) in [7, 11) is 0. The molecule has 2 heteroatoms. The maximum Gasteiger partial charge on any atom is 0.117 e. The fourth-order valence-electron chi connectivity index (χ4n) is 0.429. The molecule has 0 heterocycles. The van der Waals surface area contributed by atoms with Gasteiger partial charge in [0, 0.05) is 0 Å². The number of oxime groups is 1. The Labute approximate surface area is 63.3 Å². The van der Waals surface area contributed by atoms with Crippen molar-refractivity contribution in [3.63, 3.8) is 0 Å². The molecule has 0 amide bonds. The molecule has 0 fully saturated rings. The molecular formula is C8H17NO. The van der Waals surface area contributed by atoms with Crippen LogP contribution in [-0.2, 0) is 4.84 Å². The van der Waals surface area contributed by atoms with Crippen molar-refractivity contribution in [3.05, 3.63) is 0 Å². The van der Waals surface area contributed by atoms with Crippen LogP contribution in [0.1, 0.15) is 40.0 Å². The smallest absolute Gasteiger partial charge is 0.117 e. The largest absolute Gasteiger partial charge is 0.396 e. The van der Waals surface area contributed by atoms with Gasteiger partial charge < -0.3 is 4.84 Å². The maximum atomic E-state index is 5.01. The molecule has 0 aromatic carbocycles. The van der Waals surface area contributed by atoms with Gasteiger partial charge in [0.05, 0.1) is 5.71 Å².